The first-order valence-electron chi connectivity index (χ1n) is 5.13. The van der Waals surface area contributed by atoms with Gasteiger partial charge in [0.25, 0.3) is 0 Å². The van der Waals surface area contributed by atoms with Gasteiger partial charge in [0.15, 0.2) is 0 Å². The van der Waals surface area contributed by atoms with Gasteiger partial charge in [-0.3, -0.25) is 0 Å². The Morgan fingerprint density at radius 3 is 2.43 bits per heavy atom. The monoisotopic (exact) mass is 191 g/mol. The van der Waals surface area contributed by atoms with E-state index < -0.39 is 0 Å². The average Bonchev–Trinajstić information content (AvgIpc) is 2.07. The van der Waals surface area contributed by atoms with Crippen LogP contribution in [0.3, 0.4) is 0 Å². The number of hydrogen-bond donors (Lipinski definition) is 1. The maximum atomic E-state index is 5.12. The molecule has 1 aliphatic rings. The summed E-state index contributed by atoms with van der Waals surface area (Å²) in [5.41, 5.74) is 4.18. The van der Waals surface area contributed by atoms with E-state index in [0.29, 0.717) is 6.04 Å². The normalized spacial score (nSPS) is 16.7. The molecule has 1 N–H and O–H groups in total. The summed E-state index contributed by atoms with van der Waals surface area (Å²) in [5, 5.41) is 3.49. The molecule has 14 heavy (non-hydrogen) atoms. The molecule has 1 aliphatic heterocycles. The van der Waals surface area contributed by atoms with E-state index in [2.05, 4.69) is 37.4 Å². The first-order valence-corrected chi connectivity index (χ1v) is 5.13. The smallest absolute Gasteiger partial charge is 0.0643 e. The van der Waals surface area contributed by atoms with Crippen molar-refractivity contribution in [2.75, 3.05) is 13.2 Å². The van der Waals surface area contributed by atoms with Crippen LogP contribution in [0.25, 0.3) is 0 Å². The Morgan fingerprint density at radius 2 is 1.93 bits per heavy atom. The summed E-state index contributed by atoms with van der Waals surface area (Å²) in [5.74, 6) is 0. The SMILES string of the molecule is Cc1cccc(C)c1CNC1COC1. The summed E-state index contributed by atoms with van der Waals surface area (Å²) in [7, 11) is 0. The first kappa shape index (κ1) is 9.69. The number of rotatable bonds is 3. The molecule has 0 aliphatic carbocycles. The highest BCUT2D eigenvalue weighted by Crippen LogP contribution is 2.13. The van der Waals surface area contributed by atoms with Crippen molar-refractivity contribution in [2.24, 2.45) is 0 Å². The van der Waals surface area contributed by atoms with Crippen molar-refractivity contribution in [3.8, 4) is 0 Å². The Bertz CT molecular complexity index is 298. The van der Waals surface area contributed by atoms with Crippen molar-refractivity contribution < 1.29 is 4.74 Å². The molecular weight excluding hydrogens is 174 g/mol. The Kier molecular flexibility index (Phi) is 2.85. The third kappa shape index (κ3) is 1.97. The van der Waals surface area contributed by atoms with Crippen LogP contribution in [0, 0.1) is 13.8 Å². The Morgan fingerprint density at radius 1 is 1.29 bits per heavy atom. The van der Waals surface area contributed by atoms with Gasteiger partial charge in [0.1, 0.15) is 0 Å². The van der Waals surface area contributed by atoms with Gasteiger partial charge in [-0.25, -0.2) is 0 Å². The van der Waals surface area contributed by atoms with E-state index in [1.807, 2.05) is 0 Å². The van der Waals surface area contributed by atoms with E-state index in [4.69, 9.17) is 4.74 Å². The fourth-order valence-electron chi connectivity index (χ4n) is 1.73. The molecule has 0 aromatic heterocycles. The van der Waals surface area contributed by atoms with Gasteiger partial charge in [0, 0.05) is 6.54 Å². The highest BCUT2D eigenvalue weighted by molar-refractivity contribution is 5.33. The zero-order valence-electron chi connectivity index (χ0n) is 8.84. The maximum Gasteiger partial charge on any atom is 0.0643 e. The highest BCUT2D eigenvalue weighted by Gasteiger charge is 2.17. The van der Waals surface area contributed by atoms with Crippen molar-refractivity contribution >= 4 is 0 Å². The quantitative estimate of drug-likeness (QED) is 0.786. The van der Waals surface area contributed by atoms with Gasteiger partial charge in [0.05, 0.1) is 19.3 Å². The number of hydrogen-bond acceptors (Lipinski definition) is 2. The van der Waals surface area contributed by atoms with E-state index in [1.165, 1.54) is 16.7 Å². The minimum atomic E-state index is 0.564. The van der Waals surface area contributed by atoms with Gasteiger partial charge >= 0.3 is 0 Å². The van der Waals surface area contributed by atoms with Crippen LogP contribution in [0.4, 0.5) is 0 Å². The van der Waals surface area contributed by atoms with Gasteiger partial charge in [-0.15, -0.1) is 0 Å². The van der Waals surface area contributed by atoms with E-state index >= 15 is 0 Å². The van der Waals surface area contributed by atoms with Crippen molar-refractivity contribution in [1.29, 1.82) is 0 Å². The predicted molar refractivity (Wildman–Crippen MR) is 57.4 cm³/mol. The molecule has 2 heteroatoms. The van der Waals surface area contributed by atoms with Crippen LogP contribution < -0.4 is 5.32 Å². The lowest BCUT2D eigenvalue weighted by Gasteiger charge is -2.27. The van der Waals surface area contributed by atoms with Gasteiger partial charge in [-0.05, 0) is 30.5 Å². The first-order chi connectivity index (χ1) is 6.77. The Hall–Kier alpha value is -0.860. The third-order valence-electron chi connectivity index (χ3n) is 2.85. The Balaban J connectivity index is 2.00. The zero-order valence-corrected chi connectivity index (χ0v) is 8.84. The van der Waals surface area contributed by atoms with Crippen molar-refractivity contribution in [1.82, 2.24) is 5.32 Å². The topological polar surface area (TPSA) is 21.3 Å². The summed E-state index contributed by atoms with van der Waals surface area (Å²) < 4.78 is 5.12. The van der Waals surface area contributed by atoms with E-state index in [0.717, 1.165) is 19.8 Å². The van der Waals surface area contributed by atoms with Crippen LogP contribution in [0.1, 0.15) is 16.7 Å². The lowest BCUT2D eigenvalue weighted by atomic mass is 10.0. The van der Waals surface area contributed by atoms with Crippen LogP contribution in [0.5, 0.6) is 0 Å². The molecule has 0 bridgehead atoms. The second kappa shape index (κ2) is 4.11. The molecule has 0 radical (unpaired) electrons. The number of benzene rings is 1. The largest absolute Gasteiger partial charge is 0.378 e. The number of nitrogens with one attached hydrogen (secondary N) is 1. The molecule has 76 valence electrons. The molecule has 2 nitrogen and oxygen atoms in total. The van der Waals surface area contributed by atoms with E-state index in [9.17, 15) is 0 Å². The van der Waals surface area contributed by atoms with Gasteiger partial charge in [0.2, 0.25) is 0 Å². The van der Waals surface area contributed by atoms with Gasteiger partial charge in [-0.2, -0.15) is 0 Å². The summed E-state index contributed by atoms with van der Waals surface area (Å²) >= 11 is 0. The molecule has 1 aromatic rings. The van der Waals surface area contributed by atoms with E-state index in [-0.39, 0.29) is 0 Å². The summed E-state index contributed by atoms with van der Waals surface area (Å²) in [6, 6.07) is 7.01. The Labute approximate surface area is 85.3 Å². The molecule has 1 fully saturated rings. The molecule has 0 unspecified atom stereocenters. The van der Waals surface area contributed by atoms with Crippen molar-refractivity contribution in [2.45, 2.75) is 26.4 Å². The molecule has 1 saturated heterocycles. The third-order valence-corrected chi connectivity index (χ3v) is 2.85. The molecule has 2 rings (SSSR count). The zero-order chi connectivity index (χ0) is 9.97. The minimum absolute atomic E-state index is 0.564. The number of ether oxygens (including phenoxy) is 1. The minimum Gasteiger partial charge on any atom is -0.378 e. The summed E-state index contributed by atoms with van der Waals surface area (Å²) in [6.45, 7) is 7.03. The second-order valence-corrected chi connectivity index (χ2v) is 3.99. The molecular formula is C12H17NO. The van der Waals surface area contributed by atoms with Crippen LogP contribution in [0.2, 0.25) is 0 Å². The fraction of sp³-hybridized carbons (Fsp3) is 0.500. The molecule has 0 amide bonds. The molecule has 0 atom stereocenters. The summed E-state index contributed by atoms with van der Waals surface area (Å²) in [6.07, 6.45) is 0. The second-order valence-electron chi connectivity index (χ2n) is 3.99. The molecule has 0 spiro atoms. The summed E-state index contributed by atoms with van der Waals surface area (Å²) in [4.78, 5) is 0. The molecule has 1 heterocycles. The van der Waals surface area contributed by atoms with Gasteiger partial charge < -0.3 is 10.1 Å². The van der Waals surface area contributed by atoms with Crippen LogP contribution in [-0.4, -0.2) is 19.3 Å². The van der Waals surface area contributed by atoms with Crippen LogP contribution in [-0.2, 0) is 11.3 Å². The fourth-order valence-corrected chi connectivity index (χ4v) is 1.73. The van der Waals surface area contributed by atoms with E-state index in [1.54, 1.807) is 0 Å². The lowest BCUT2D eigenvalue weighted by Crippen LogP contribution is -2.45. The van der Waals surface area contributed by atoms with Gasteiger partial charge in [-0.1, -0.05) is 18.2 Å². The van der Waals surface area contributed by atoms with Crippen molar-refractivity contribution in [3.63, 3.8) is 0 Å². The molecule has 0 saturated carbocycles. The average molecular weight is 191 g/mol. The van der Waals surface area contributed by atoms with Crippen molar-refractivity contribution in [3.05, 3.63) is 34.9 Å². The van der Waals surface area contributed by atoms with Crippen LogP contribution in [0.15, 0.2) is 18.2 Å². The maximum absolute atomic E-state index is 5.12. The number of aryl methyl sites for hydroxylation is 2. The standard InChI is InChI=1S/C12H17NO/c1-9-4-3-5-10(2)12(9)6-13-11-7-14-8-11/h3-5,11,13H,6-8H2,1-2H3. The highest BCUT2D eigenvalue weighted by atomic mass is 16.5. The predicted octanol–water partition coefficient (Wildman–Crippen LogP) is 1.79. The van der Waals surface area contributed by atoms with Crippen LogP contribution >= 0.6 is 0 Å². The lowest BCUT2D eigenvalue weighted by molar-refractivity contribution is -0.00582. The molecule has 1 aromatic carbocycles.